The lowest BCUT2D eigenvalue weighted by Gasteiger charge is -2.18. The van der Waals surface area contributed by atoms with E-state index in [0.29, 0.717) is 0 Å². The standard InChI is InChI=1S/C9H18O5Si2/c1-15(2,3)13-8(11)7(10)9(12)14-16(4,5)6/h1-6H3. The van der Waals surface area contributed by atoms with Gasteiger partial charge in [-0.1, -0.05) is 0 Å². The predicted molar refractivity (Wildman–Crippen MR) is 63.9 cm³/mol. The fraction of sp³-hybridized carbons (Fsp3) is 0.667. The lowest BCUT2D eigenvalue weighted by Crippen LogP contribution is -2.40. The number of ketones is 1. The van der Waals surface area contributed by atoms with E-state index in [4.69, 9.17) is 8.85 Å². The summed E-state index contributed by atoms with van der Waals surface area (Å²) in [6.45, 7) is 10.5. The Hall–Kier alpha value is -0.956. The molecule has 0 aromatic heterocycles. The van der Waals surface area contributed by atoms with Gasteiger partial charge in [-0.3, -0.25) is 4.79 Å². The SMILES string of the molecule is C[Si](C)(C)OC(=O)C(=O)C(=O)O[Si](C)(C)C. The summed E-state index contributed by atoms with van der Waals surface area (Å²) in [7, 11) is -4.31. The van der Waals surface area contributed by atoms with E-state index in [1.807, 2.05) is 0 Å². The molecule has 0 fully saturated rings. The molecule has 0 spiro atoms. The molecule has 7 heteroatoms. The minimum atomic E-state index is -2.15. The smallest absolute Gasteiger partial charge is 0.373 e. The average Bonchev–Trinajstić information content (AvgIpc) is 1.96. The van der Waals surface area contributed by atoms with Gasteiger partial charge in [0.1, 0.15) is 0 Å². The van der Waals surface area contributed by atoms with Crippen LogP contribution in [0.3, 0.4) is 0 Å². The first kappa shape index (κ1) is 15.0. The molecule has 0 rings (SSSR count). The number of Topliss-reactive ketones (excluding diaryl/α,β-unsaturated/α-hetero) is 1. The van der Waals surface area contributed by atoms with Crippen molar-refractivity contribution in [3.05, 3.63) is 0 Å². The van der Waals surface area contributed by atoms with Crippen molar-refractivity contribution < 1.29 is 23.2 Å². The van der Waals surface area contributed by atoms with Crippen molar-refractivity contribution in [2.24, 2.45) is 0 Å². The van der Waals surface area contributed by atoms with Gasteiger partial charge >= 0.3 is 17.7 Å². The lowest BCUT2D eigenvalue weighted by molar-refractivity contribution is -0.157. The van der Waals surface area contributed by atoms with E-state index >= 15 is 0 Å². The summed E-state index contributed by atoms with van der Waals surface area (Å²) in [5.74, 6) is -3.44. The summed E-state index contributed by atoms with van der Waals surface area (Å²) in [6, 6.07) is 0. The largest absolute Gasteiger partial charge is 0.514 e. The fourth-order valence-corrected chi connectivity index (χ4v) is 2.03. The maximum atomic E-state index is 11.3. The Morgan fingerprint density at radius 2 is 0.938 bits per heavy atom. The highest BCUT2D eigenvalue weighted by atomic mass is 28.4. The fourth-order valence-electron chi connectivity index (χ4n) is 0.732. The highest BCUT2D eigenvalue weighted by molar-refractivity contribution is 6.77. The van der Waals surface area contributed by atoms with Crippen LogP contribution in [-0.4, -0.2) is 34.4 Å². The molecule has 0 unspecified atom stereocenters. The molecule has 5 nitrogen and oxygen atoms in total. The molecule has 0 aromatic rings. The van der Waals surface area contributed by atoms with Gasteiger partial charge in [0.2, 0.25) is 16.6 Å². The van der Waals surface area contributed by atoms with Gasteiger partial charge in [0.25, 0.3) is 0 Å². The van der Waals surface area contributed by atoms with Crippen molar-refractivity contribution in [1.82, 2.24) is 0 Å². The molecule has 0 bridgehead atoms. The Kier molecular flexibility index (Phi) is 4.62. The predicted octanol–water partition coefficient (Wildman–Crippen LogP) is 1.31. The van der Waals surface area contributed by atoms with E-state index in [0.717, 1.165) is 0 Å². The van der Waals surface area contributed by atoms with Gasteiger partial charge in [0.15, 0.2) is 0 Å². The summed E-state index contributed by atoms with van der Waals surface area (Å²) in [6.07, 6.45) is 0. The van der Waals surface area contributed by atoms with Crippen LogP contribution in [0.4, 0.5) is 0 Å². The second-order valence-electron chi connectivity index (χ2n) is 5.33. The molecule has 0 N–H and O–H groups in total. The maximum absolute atomic E-state index is 11.3. The zero-order chi connectivity index (χ0) is 13.1. The first-order valence-electron chi connectivity index (χ1n) is 4.93. The molecule has 0 aliphatic heterocycles. The van der Waals surface area contributed by atoms with Gasteiger partial charge in [-0.15, -0.1) is 0 Å². The molecule has 0 saturated heterocycles. The average molecular weight is 262 g/mol. The molecule has 16 heavy (non-hydrogen) atoms. The third-order valence-electron chi connectivity index (χ3n) is 1.17. The summed E-state index contributed by atoms with van der Waals surface area (Å²) < 4.78 is 9.80. The molecule has 0 amide bonds. The molecular formula is C9H18O5Si2. The summed E-state index contributed by atoms with van der Waals surface area (Å²) >= 11 is 0. The second-order valence-corrected chi connectivity index (χ2v) is 14.2. The van der Waals surface area contributed by atoms with E-state index in [-0.39, 0.29) is 0 Å². The van der Waals surface area contributed by atoms with E-state index in [1.165, 1.54) is 0 Å². The minimum Gasteiger partial charge on any atom is -0.514 e. The van der Waals surface area contributed by atoms with Crippen molar-refractivity contribution in [3.63, 3.8) is 0 Å². The maximum Gasteiger partial charge on any atom is 0.373 e. The van der Waals surface area contributed by atoms with Gasteiger partial charge in [-0.2, -0.15) is 0 Å². The summed E-state index contributed by atoms with van der Waals surface area (Å²) in [5, 5.41) is 0. The Labute approximate surface area is 97.4 Å². The van der Waals surface area contributed by atoms with Gasteiger partial charge in [0, 0.05) is 0 Å². The molecular weight excluding hydrogens is 244 g/mol. The lowest BCUT2D eigenvalue weighted by atomic mass is 10.4. The van der Waals surface area contributed by atoms with E-state index in [9.17, 15) is 14.4 Å². The number of rotatable bonds is 4. The van der Waals surface area contributed by atoms with Crippen molar-refractivity contribution in [3.8, 4) is 0 Å². The van der Waals surface area contributed by atoms with E-state index in [1.54, 1.807) is 39.3 Å². The zero-order valence-corrected chi connectivity index (χ0v) is 12.5. The van der Waals surface area contributed by atoms with Crippen LogP contribution in [0.1, 0.15) is 0 Å². The van der Waals surface area contributed by atoms with Gasteiger partial charge < -0.3 is 8.85 Å². The quantitative estimate of drug-likeness (QED) is 0.434. The third kappa shape index (κ3) is 6.51. The van der Waals surface area contributed by atoms with E-state index < -0.39 is 34.4 Å². The van der Waals surface area contributed by atoms with Gasteiger partial charge in [-0.25, -0.2) is 9.59 Å². The van der Waals surface area contributed by atoms with Crippen molar-refractivity contribution in [2.45, 2.75) is 39.3 Å². The second kappa shape index (κ2) is 4.92. The van der Waals surface area contributed by atoms with Crippen molar-refractivity contribution in [1.29, 1.82) is 0 Å². The minimum absolute atomic E-state index is 1.11. The van der Waals surface area contributed by atoms with Crippen LogP contribution in [0.5, 0.6) is 0 Å². The Morgan fingerprint density at radius 1 is 0.688 bits per heavy atom. The van der Waals surface area contributed by atoms with Crippen molar-refractivity contribution in [2.75, 3.05) is 0 Å². The first-order valence-corrected chi connectivity index (χ1v) is 11.7. The monoisotopic (exact) mass is 262 g/mol. The van der Waals surface area contributed by atoms with Gasteiger partial charge in [0.05, 0.1) is 0 Å². The number of hydrogen-bond acceptors (Lipinski definition) is 5. The third-order valence-corrected chi connectivity index (χ3v) is 2.76. The van der Waals surface area contributed by atoms with E-state index in [2.05, 4.69) is 0 Å². The molecule has 0 heterocycles. The Morgan fingerprint density at radius 3 is 1.12 bits per heavy atom. The molecule has 92 valence electrons. The molecule has 0 atom stereocenters. The van der Waals surface area contributed by atoms with Crippen LogP contribution in [0.2, 0.25) is 39.3 Å². The van der Waals surface area contributed by atoms with Crippen LogP contribution >= 0.6 is 0 Å². The van der Waals surface area contributed by atoms with Crippen LogP contribution in [0, 0.1) is 0 Å². The Bertz CT molecular complexity index is 281. The topological polar surface area (TPSA) is 69.7 Å². The molecule has 0 saturated carbocycles. The Balaban J connectivity index is 4.47. The van der Waals surface area contributed by atoms with Crippen LogP contribution < -0.4 is 0 Å². The number of carbonyl (C=O) groups is 3. The first-order chi connectivity index (χ1) is 6.92. The molecule has 0 aromatic carbocycles. The van der Waals surface area contributed by atoms with Crippen molar-refractivity contribution >= 4 is 34.4 Å². The molecule has 0 aliphatic carbocycles. The summed E-state index contributed by atoms with van der Waals surface area (Å²) in [5.41, 5.74) is 0. The highest BCUT2D eigenvalue weighted by Crippen LogP contribution is 2.06. The van der Waals surface area contributed by atoms with Crippen LogP contribution in [0.15, 0.2) is 0 Å². The number of carbonyl (C=O) groups excluding carboxylic acids is 3. The number of hydrogen-bond donors (Lipinski definition) is 0. The molecule has 0 radical (unpaired) electrons. The highest BCUT2D eigenvalue weighted by Gasteiger charge is 2.33. The van der Waals surface area contributed by atoms with Crippen LogP contribution in [-0.2, 0) is 23.2 Å². The van der Waals surface area contributed by atoms with Crippen LogP contribution in [0.25, 0.3) is 0 Å². The molecule has 0 aliphatic rings. The normalized spacial score (nSPS) is 11.9. The zero-order valence-electron chi connectivity index (χ0n) is 10.5. The van der Waals surface area contributed by atoms with Gasteiger partial charge in [-0.05, 0) is 39.3 Å². The summed E-state index contributed by atoms with van der Waals surface area (Å²) in [4.78, 5) is 33.8.